The zero-order chi connectivity index (χ0) is 19.1. The van der Waals surface area contributed by atoms with Gasteiger partial charge in [-0.05, 0) is 36.9 Å². The molecular formula is C20H23N5O2. The van der Waals surface area contributed by atoms with Gasteiger partial charge in [0.1, 0.15) is 18.4 Å². The van der Waals surface area contributed by atoms with Crippen molar-refractivity contribution in [2.75, 3.05) is 7.05 Å². The van der Waals surface area contributed by atoms with Crippen molar-refractivity contribution in [1.29, 1.82) is 0 Å². The molecule has 27 heavy (non-hydrogen) atoms. The second-order valence-electron chi connectivity index (χ2n) is 6.14. The number of ether oxygens (including phenoxy) is 1. The van der Waals surface area contributed by atoms with E-state index in [1.807, 2.05) is 55.7 Å². The molecule has 2 heterocycles. The highest BCUT2D eigenvalue weighted by molar-refractivity contribution is 5.83. The smallest absolute Gasteiger partial charge is 0.242 e. The average molecular weight is 365 g/mol. The quantitative estimate of drug-likeness (QED) is 0.638. The summed E-state index contributed by atoms with van der Waals surface area (Å²) in [5.74, 6) is 0.667. The third-order valence-corrected chi connectivity index (χ3v) is 4.11. The van der Waals surface area contributed by atoms with Gasteiger partial charge in [-0.3, -0.25) is 14.5 Å². The van der Waals surface area contributed by atoms with Crippen molar-refractivity contribution in [1.82, 2.24) is 25.4 Å². The van der Waals surface area contributed by atoms with Gasteiger partial charge < -0.3 is 15.4 Å². The first-order valence-corrected chi connectivity index (χ1v) is 8.71. The van der Waals surface area contributed by atoms with Gasteiger partial charge in [0.25, 0.3) is 0 Å². The van der Waals surface area contributed by atoms with Crippen molar-refractivity contribution < 1.29 is 9.53 Å². The van der Waals surface area contributed by atoms with E-state index in [0.717, 1.165) is 22.6 Å². The summed E-state index contributed by atoms with van der Waals surface area (Å²) in [5.41, 5.74) is 2.70. The number of carbonyl (C=O) groups is 1. The van der Waals surface area contributed by atoms with Gasteiger partial charge in [-0.15, -0.1) is 0 Å². The van der Waals surface area contributed by atoms with Gasteiger partial charge in [-0.2, -0.15) is 5.10 Å². The van der Waals surface area contributed by atoms with Crippen molar-refractivity contribution in [2.24, 2.45) is 7.05 Å². The maximum Gasteiger partial charge on any atom is 0.242 e. The molecule has 0 bridgehead atoms. The van der Waals surface area contributed by atoms with Crippen molar-refractivity contribution >= 4 is 5.91 Å². The van der Waals surface area contributed by atoms with Crippen LogP contribution < -0.4 is 15.4 Å². The summed E-state index contributed by atoms with van der Waals surface area (Å²) in [7, 11) is 3.58. The van der Waals surface area contributed by atoms with Gasteiger partial charge in [0.2, 0.25) is 5.91 Å². The van der Waals surface area contributed by atoms with E-state index in [2.05, 4.69) is 20.7 Å². The lowest BCUT2D eigenvalue weighted by Gasteiger charge is -2.14. The number of hydrogen-bond donors (Lipinski definition) is 2. The van der Waals surface area contributed by atoms with Crippen molar-refractivity contribution in [2.45, 2.75) is 19.2 Å². The lowest BCUT2D eigenvalue weighted by atomic mass is 10.1. The van der Waals surface area contributed by atoms with Gasteiger partial charge in [-0.25, -0.2) is 0 Å². The molecule has 3 aromatic rings. The number of hydrogen-bond acceptors (Lipinski definition) is 5. The van der Waals surface area contributed by atoms with Crippen LogP contribution in [0.2, 0.25) is 0 Å². The summed E-state index contributed by atoms with van der Waals surface area (Å²) < 4.78 is 7.40. The number of amides is 1. The summed E-state index contributed by atoms with van der Waals surface area (Å²) in [5, 5.41) is 10.1. The fourth-order valence-electron chi connectivity index (χ4n) is 2.67. The first-order valence-electron chi connectivity index (χ1n) is 8.71. The Morgan fingerprint density at radius 2 is 2.04 bits per heavy atom. The van der Waals surface area contributed by atoms with Gasteiger partial charge in [0.15, 0.2) is 0 Å². The molecule has 0 saturated heterocycles. The molecular weight excluding hydrogens is 342 g/mol. The number of aryl methyl sites for hydroxylation is 1. The molecule has 0 radical (unpaired) electrons. The molecule has 0 aliphatic heterocycles. The van der Waals surface area contributed by atoms with Crippen LogP contribution in [0.5, 0.6) is 5.75 Å². The maximum atomic E-state index is 12.4. The third kappa shape index (κ3) is 5.15. The number of aromatic nitrogens is 3. The predicted molar refractivity (Wildman–Crippen MR) is 102 cm³/mol. The maximum absolute atomic E-state index is 12.4. The highest BCUT2D eigenvalue weighted by Gasteiger charge is 2.19. The first-order chi connectivity index (χ1) is 13.2. The fourth-order valence-corrected chi connectivity index (χ4v) is 2.67. The predicted octanol–water partition coefficient (Wildman–Crippen LogP) is 1.97. The van der Waals surface area contributed by atoms with E-state index < -0.39 is 6.04 Å². The van der Waals surface area contributed by atoms with Crippen LogP contribution in [0.25, 0.3) is 0 Å². The molecule has 2 aromatic heterocycles. The zero-order valence-corrected chi connectivity index (χ0v) is 15.4. The SMILES string of the molecule is CNC(C(=O)NCc1ccc(OCc2ccccn2)cc1)c1cnn(C)c1. The van der Waals surface area contributed by atoms with Crippen LogP contribution in [0.1, 0.15) is 22.9 Å². The van der Waals surface area contributed by atoms with Crippen LogP contribution in [0.15, 0.2) is 61.1 Å². The minimum Gasteiger partial charge on any atom is -0.487 e. The van der Waals surface area contributed by atoms with E-state index in [1.165, 1.54) is 0 Å². The van der Waals surface area contributed by atoms with Crippen LogP contribution in [0, 0.1) is 0 Å². The molecule has 0 fully saturated rings. The summed E-state index contributed by atoms with van der Waals surface area (Å²) in [6, 6.07) is 13.0. The van der Waals surface area contributed by atoms with E-state index in [9.17, 15) is 4.79 Å². The molecule has 1 unspecified atom stereocenters. The van der Waals surface area contributed by atoms with E-state index in [0.29, 0.717) is 13.2 Å². The standard InChI is InChI=1S/C20H23N5O2/c1-21-19(16-12-24-25(2)13-16)20(26)23-11-15-6-8-18(9-7-15)27-14-17-5-3-4-10-22-17/h3-10,12-13,19,21H,11,14H2,1-2H3,(H,23,26). The molecule has 0 saturated carbocycles. The zero-order valence-electron chi connectivity index (χ0n) is 15.4. The largest absolute Gasteiger partial charge is 0.487 e. The van der Waals surface area contributed by atoms with Crippen molar-refractivity contribution in [3.8, 4) is 5.75 Å². The summed E-state index contributed by atoms with van der Waals surface area (Å²) >= 11 is 0. The minimum absolute atomic E-state index is 0.0963. The van der Waals surface area contributed by atoms with E-state index in [-0.39, 0.29) is 5.91 Å². The molecule has 2 N–H and O–H groups in total. The first kappa shape index (κ1) is 18.6. The summed E-state index contributed by atoms with van der Waals surface area (Å²) in [6.07, 6.45) is 5.26. The van der Waals surface area contributed by atoms with E-state index in [1.54, 1.807) is 24.1 Å². The number of nitrogens with one attached hydrogen (secondary N) is 2. The number of likely N-dealkylation sites (N-methyl/N-ethyl adjacent to an activating group) is 1. The molecule has 140 valence electrons. The highest BCUT2D eigenvalue weighted by atomic mass is 16.5. The van der Waals surface area contributed by atoms with E-state index in [4.69, 9.17) is 4.74 Å². The highest BCUT2D eigenvalue weighted by Crippen LogP contribution is 2.15. The second kappa shape index (κ2) is 8.95. The minimum atomic E-state index is -0.431. The lowest BCUT2D eigenvalue weighted by Crippen LogP contribution is -2.35. The van der Waals surface area contributed by atoms with Crippen LogP contribution in [0.4, 0.5) is 0 Å². The monoisotopic (exact) mass is 365 g/mol. The number of carbonyl (C=O) groups excluding carboxylic acids is 1. The number of pyridine rings is 1. The Morgan fingerprint density at radius 3 is 2.67 bits per heavy atom. The Hall–Kier alpha value is -3.19. The lowest BCUT2D eigenvalue weighted by molar-refractivity contribution is -0.123. The van der Waals surface area contributed by atoms with Gasteiger partial charge >= 0.3 is 0 Å². The summed E-state index contributed by atoms with van der Waals surface area (Å²) in [6.45, 7) is 0.865. The fraction of sp³-hybridized carbons (Fsp3) is 0.250. The van der Waals surface area contributed by atoms with Crippen molar-refractivity contribution in [3.63, 3.8) is 0 Å². The molecule has 0 aliphatic rings. The number of rotatable bonds is 8. The molecule has 0 aliphatic carbocycles. The Balaban J connectivity index is 1.51. The molecule has 7 nitrogen and oxygen atoms in total. The Labute approximate surface area is 158 Å². The molecule has 0 spiro atoms. The number of benzene rings is 1. The van der Waals surface area contributed by atoms with Gasteiger partial charge in [-0.1, -0.05) is 18.2 Å². The van der Waals surface area contributed by atoms with Gasteiger partial charge in [0.05, 0.1) is 11.9 Å². The topological polar surface area (TPSA) is 81.1 Å². The normalized spacial score (nSPS) is 11.8. The second-order valence-corrected chi connectivity index (χ2v) is 6.14. The Bertz CT molecular complexity index is 862. The van der Waals surface area contributed by atoms with E-state index >= 15 is 0 Å². The third-order valence-electron chi connectivity index (χ3n) is 4.11. The Morgan fingerprint density at radius 1 is 1.22 bits per heavy atom. The molecule has 1 amide bonds. The number of nitrogens with zero attached hydrogens (tertiary/aromatic N) is 3. The summed E-state index contributed by atoms with van der Waals surface area (Å²) in [4.78, 5) is 16.7. The van der Waals surface area contributed by atoms with Crippen LogP contribution in [-0.2, 0) is 25.0 Å². The van der Waals surface area contributed by atoms with Crippen LogP contribution in [-0.4, -0.2) is 27.7 Å². The molecule has 1 atom stereocenters. The van der Waals surface area contributed by atoms with Gasteiger partial charge in [0, 0.05) is 31.5 Å². The van der Waals surface area contributed by atoms with Crippen molar-refractivity contribution in [3.05, 3.63) is 77.9 Å². The average Bonchev–Trinajstić information content (AvgIpc) is 3.13. The van der Waals surface area contributed by atoms with Crippen LogP contribution in [0.3, 0.4) is 0 Å². The molecule has 7 heteroatoms. The molecule has 1 aromatic carbocycles. The van der Waals surface area contributed by atoms with Crippen LogP contribution >= 0.6 is 0 Å². The Kier molecular flexibility index (Phi) is 6.17. The molecule has 3 rings (SSSR count).